The van der Waals surface area contributed by atoms with Gasteiger partial charge in [-0.25, -0.2) is 0 Å². The van der Waals surface area contributed by atoms with Gasteiger partial charge in [0, 0.05) is 24.8 Å². The van der Waals surface area contributed by atoms with E-state index in [1.165, 1.54) is 9.80 Å². The van der Waals surface area contributed by atoms with Crippen LogP contribution >= 0.6 is 0 Å². The summed E-state index contributed by atoms with van der Waals surface area (Å²) in [5, 5.41) is 0.343. The van der Waals surface area contributed by atoms with Gasteiger partial charge in [0.1, 0.15) is 11.3 Å². The SMILES string of the molecule is COc1ccc(CCN2C(=O)c3oc4ccccc4c(=O)c3C23C(=O)N(C)c2ccccc23)cc1. The number of methoxy groups -OCH3 is 1. The minimum Gasteiger partial charge on any atom is -0.497 e. The molecule has 1 unspecified atom stereocenters. The van der Waals surface area contributed by atoms with Crippen LogP contribution in [-0.4, -0.2) is 37.4 Å². The molecule has 2 amide bonds. The summed E-state index contributed by atoms with van der Waals surface area (Å²) < 4.78 is 11.3. The van der Waals surface area contributed by atoms with E-state index in [9.17, 15) is 14.4 Å². The Morgan fingerprint density at radius 3 is 2.40 bits per heavy atom. The van der Waals surface area contributed by atoms with Crippen molar-refractivity contribution in [1.82, 2.24) is 4.90 Å². The van der Waals surface area contributed by atoms with Crippen LogP contribution in [0.2, 0.25) is 0 Å². The van der Waals surface area contributed by atoms with Crippen molar-refractivity contribution in [3.63, 3.8) is 0 Å². The summed E-state index contributed by atoms with van der Waals surface area (Å²) in [6.45, 7) is 0.221. The van der Waals surface area contributed by atoms with E-state index in [4.69, 9.17) is 9.15 Å². The van der Waals surface area contributed by atoms with Gasteiger partial charge in [-0.3, -0.25) is 14.4 Å². The van der Waals surface area contributed by atoms with Crippen molar-refractivity contribution in [3.05, 3.63) is 105 Å². The van der Waals surface area contributed by atoms with E-state index in [0.717, 1.165) is 11.3 Å². The summed E-state index contributed by atoms with van der Waals surface area (Å²) in [5.41, 5.74) is 0.731. The number of benzene rings is 3. The third kappa shape index (κ3) is 2.75. The van der Waals surface area contributed by atoms with Crippen molar-refractivity contribution < 1.29 is 18.7 Å². The molecular weight excluding hydrogens is 444 g/mol. The molecule has 0 aliphatic carbocycles. The zero-order chi connectivity index (χ0) is 24.3. The van der Waals surface area contributed by atoms with Gasteiger partial charge < -0.3 is 19.0 Å². The molecule has 1 spiro atoms. The van der Waals surface area contributed by atoms with Gasteiger partial charge in [-0.2, -0.15) is 0 Å². The van der Waals surface area contributed by atoms with Crippen LogP contribution in [-0.2, 0) is 16.8 Å². The second kappa shape index (κ2) is 7.56. The van der Waals surface area contributed by atoms with E-state index >= 15 is 0 Å². The number of fused-ring (bicyclic) bond motifs is 5. The Balaban J connectivity index is 1.57. The fourth-order valence-corrected chi connectivity index (χ4v) is 5.38. The number of hydrogen-bond acceptors (Lipinski definition) is 5. The monoisotopic (exact) mass is 466 g/mol. The highest BCUT2D eigenvalue weighted by molar-refractivity contribution is 6.16. The quantitative estimate of drug-likeness (QED) is 0.458. The Hall–Kier alpha value is -4.39. The molecule has 0 fully saturated rings. The first kappa shape index (κ1) is 21.2. The number of anilines is 1. The van der Waals surface area contributed by atoms with Crippen molar-refractivity contribution in [3.8, 4) is 5.75 Å². The van der Waals surface area contributed by atoms with Gasteiger partial charge in [-0.05, 0) is 42.3 Å². The van der Waals surface area contributed by atoms with Crippen molar-refractivity contribution in [1.29, 1.82) is 0 Å². The lowest BCUT2D eigenvalue weighted by Crippen LogP contribution is -2.53. The zero-order valence-corrected chi connectivity index (χ0v) is 19.3. The molecule has 0 bridgehead atoms. The molecule has 2 aliphatic rings. The summed E-state index contributed by atoms with van der Waals surface area (Å²) in [6.07, 6.45) is 0.484. The lowest BCUT2D eigenvalue weighted by Gasteiger charge is -2.34. The Bertz CT molecular complexity index is 1570. The van der Waals surface area contributed by atoms with Gasteiger partial charge in [0.15, 0.2) is 11.0 Å². The number of likely N-dealkylation sites (N-methyl/N-ethyl adjacent to an activating group) is 1. The van der Waals surface area contributed by atoms with Gasteiger partial charge >= 0.3 is 0 Å². The standard InChI is InChI=1S/C28H22N2O5/c1-29-21-9-5-4-8-20(21)28(27(29)33)23-24(31)19-7-3-6-10-22(19)35-25(23)26(32)30(28)16-15-17-11-13-18(34-2)14-12-17/h3-14H,15-16H2,1-2H3. The lowest BCUT2D eigenvalue weighted by molar-refractivity contribution is -0.125. The first-order valence-corrected chi connectivity index (χ1v) is 11.4. The Kier molecular flexibility index (Phi) is 4.57. The largest absolute Gasteiger partial charge is 0.497 e. The second-order valence-corrected chi connectivity index (χ2v) is 8.78. The highest BCUT2D eigenvalue weighted by Gasteiger charge is 2.64. The van der Waals surface area contributed by atoms with Gasteiger partial charge in [-0.1, -0.05) is 42.5 Å². The van der Waals surface area contributed by atoms with E-state index in [1.54, 1.807) is 38.4 Å². The first-order valence-electron chi connectivity index (χ1n) is 11.4. The maximum absolute atomic E-state index is 14.0. The molecule has 3 aromatic carbocycles. The normalized spacial score (nSPS) is 18.5. The van der Waals surface area contributed by atoms with Crippen molar-refractivity contribution in [2.75, 3.05) is 25.6 Å². The van der Waals surface area contributed by atoms with Gasteiger partial charge in [0.25, 0.3) is 11.8 Å². The van der Waals surface area contributed by atoms with E-state index in [2.05, 4.69) is 0 Å². The molecule has 2 aliphatic heterocycles. The molecule has 7 heteroatoms. The average Bonchev–Trinajstić information content (AvgIpc) is 3.27. The average molecular weight is 466 g/mol. The minimum atomic E-state index is -1.57. The molecule has 4 aromatic rings. The molecule has 3 heterocycles. The Morgan fingerprint density at radius 2 is 1.63 bits per heavy atom. The predicted molar refractivity (Wildman–Crippen MR) is 131 cm³/mol. The summed E-state index contributed by atoms with van der Waals surface area (Å²) >= 11 is 0. The number of amides is 2. The summed E-state index contributed by atoms with van der Waals surface area (Å²) in [4.78, 5) is 44.7. The fourth-order valence-electron chi connectivity index (χ4n) is 5.38. The third-order valence-corrected chi connectivity index (χ3v) is 7.06. The molecule has 7 nitrogen and oxygen atoms in total. The molecule has 6 rings (SSSR count). The van der Waals surface area contributed by atoms with Crippen molar-refractivity contribution in [2.45, 2.75) is 12.0 Å². The van der Waals surface area contributed by atoms with Gasteiger partial charge in [-0.15, -0.1) is 0 Å². The highest BCUT2D eigenvalue weighted by Crippen LogP contribution is 2.52. The van der Waals surface area contributed by atoms with E-state index in [0.29, 0.717) is 28.6 Å². The van der Waals surface area contributed by atoms with Crippen LogP contribution in [0.3, 0.4) is 0 Å². The smallest absolute Gasteiger partial charge is 0.291 e. The number of carbonyl (C=O) groups is 2. The third-order valence-electron chi connectivity index (χ3n) is 7.06. The van der Waals surface area contributed by atoms with Crippen LogP contribution in [0.5, 0.6) is 5.75 Å². The van der Waals surface area contributed by atoms with E-state index in [1.807, 2.05) is 48.5 Å². The molecule has 0 N–H and O–H groups in total. The fraction of sp³-hybridized carbons (Fsp3) is 0.179. The molecule has 174 valence electrons. The topological polar surface area (TPSA) is 80.1 Å². The molecule has 1 aromatic heterocycles. The first-order chi connectivity index (χ1) is 17.0. The summed E-state index contributed by atoms with van der Waals surface area (Å²) in [7, 11) is 3.27. The molecular formula is C28H22N2O5. The van der Waals surface area contributed by atoms with Crippen LogP contribution < -0.4 is 15.1 Å². The molecule has 1 atom stereocenters. The number of rotatable bonds is 4. The van der Waals surface area contributed by atoms with E-state index in [-0.39, 0.29) is 29.2 Å². The number of para-hydroxylation sites is 2. The number of carbonyl (C=O) groups excluding carboxylic acids is 2. The highest BCUT2D eigenvalue weighted by atomic mass is 16.5. The minimum absolute atomic E-state index is 0.0677. The maximum atomic E-state index is 14.0. The van der Waals surface area contributed by atoms with E-state index < -0.39 is 11.4 Å². The predicted octanol–water partition coefficient (Wildman–Crippen LogP) is 3.72. The maximum Gasteiger partial charge on any atom is 0.291 e. The number of hydrogen-bond donors (Lipinski definition) is 0. The van der Waals surface area contributed by atoms with Crippen LogP contribution in [0.25, 0.3) is 11.0 Å². The van der Waals surface area contributed by atoms with Crippen molar-refractivity contribution in [2.24, 2.45) is 0 Å². The molecule has 0 saturated heterocycles. The van der Waals surface area contributed by atoms with Crippen molar-refractivity contribution >= 4 is 28.5 Å². The zero-order valence-electron chi connectivity index (χ0n) is 19.3. The van der Waals surface area contributed by atoms with Crippen LogP contribution in [0.4, 0.5) is 5.69 Å². The Labute approximate surface area is 201 Å². The number of ether oxygens (including phenoxy) is 1. The number of nitrogens with zero attached hydrogens (tertiary/aromatic N) is 2. The summed E-state index contributed by atoms with van der Waals surface area (Å²) in [6, 6.07) is 21.7. The lowest BCUT2D eigenvalue weighted by atomic mass is 9.84. The molecule has 0 radical (unpaired) electrons. The Morgan fingerprint density at radius 1 is 0.914 bits per heavy atom. The van der Waals surface area contributed by atoms with Gasteiger partial charge in [0.05, 0.1) is 18.1 Å². The van der Waals surface area contributed by atoms with Crippen LogP contribution in [0.15, 0.2) is 82.0 Å². The summed E-state index contributed by atoms with van der Waals surface area (Å²) in [5.74, 6) is -0.141. The molecule has 35 heavy (non-hydrogen) atoms. The van der Waals surface area contributed by atoms with Gasteiger partial charge in [0.2, 0.25) is 5.76 Å². The van der Waals surface area contributed by atoms with Crippen LogP contribution in [0.1, 0.15) is 27.2 Å². The van der Waals surface area contributed by atoms with Crippen LogP contribution in [0, 0.1) is 0 Å². The molecule has 0 saturated carbocycles. The second-order valence-electron chi connectivity index (χ2n) is 8.78.